The van der Waals surface area contributed by atoms with E-state index in [1.165, 1.54) is 38.1 Å². The van der Waals surface area contributed by atoms with Crippen LogP contribution in [0.5, 0.6) is 5.75 Å². The molecular formula is C74H100N18O20S. The van der Waals surface area contributed by atoms with E-state index in [-0.39, 0.29) is 55.1 Å². The summed E-state index contributed by atoms with van der Waals surface area (Å²) in [5, 5.41) is 62.6. The Morgan fingerprint density at radius 2 is 1.04 bits per heavy atom. The minimum Gasteiger partial charge on any atom is -0.508 e. The number of aromatic amines is 2. The first-order valence-electron chi connectivity index (χ1n) is 36.4. The lowest BCUT2D eigenvalue weighted by Crippen LogP contribution is -2.64. The molecule has 12 atom stereocenters. The first-order chi connectivity index (χ1) is 53.3. The summed E-state index contributed by atoms with van der Waals surface area (Å²) in [6.45, 7) is 8.06. The van der Waals surface area contributed by atoms with E-state index in [2.05, 4.69) is 73.8 Å². The van der Waals surface area contributed by atoms with Crippen LogP contribution < -0.4 is 86.7 Å². The van der Waals surface area contributed by atoms with Crippen molar-refractivity contribution in [1.29, 1.82) is 0 Å². The monoisotopic (exact) mass is 1590 g/mol. The van der Waals surface area contributed by atoms with E-state index in [9.17, 15) is 72.9 Å². The van der Waals surface area contributed by atoms with Gasteiger partial charge in [-0.25, -0.2) is 0 Å². The van der Waals surface area contributed by atoms with Gasteiger partial charge in [-0.2, -0.15) is 11.8 Å². The highest BCUT2D eigenvalue weighted by atomic mass is 32.2. The number of benzene rings is 3. The fourth-order valence-electron chi connectivity index (χ4n) is 12.3. The summed E-state index contributed by atoms with van der Waals surface area (Å²) < 4.78 is -1.63. The summed E-state index contributed by atoms with van der Waals surface area (Å²) in [4.78, 5) is 242. The number of amides is 16. The Morgan fingerprint density at radius 3 is 1.58 bits per heavy atom. The summed E-state index contributed by atoms with van der Waals surface area (Å²) >= 11 is 0.932. The average Bonchev–Trinajstić information content (AvgIpc) is 1.79. The number of primary amides is 4. The molecule has 3 aromatic carbocycles. The summed E-state index contributed by atoms with van der Waals surface area (Å²) in [5.41, 5.74) is 24.0. The third-order valence-electron chi connectivity index (χ3n) is 18.4. The van der Waals surface area contributed by atoms with E-state index in [1.54, 1.807) is 74.8 Å². The minimum atomic E-state index is -1.90. The van der Waals surface area contributed by atoms with Crippen molar-refractivity contribution in [2.24, 2.45) is 28.9 Å². The number of fused-ring (bicyclic) bond motifs is 2. The number of nitrogens with one attached hydrogen (secondary N) is 14. The van der Waals surface area contributed by atoms with Crippen molar-refractivity contribution in [3.05, 3.63) is 102 Å². The second kappa shape index (κ2) is 42.3. The van der Waals surface area contributed by atoms with Crippen molar-refractivity contribution in [1.82, 2.24) is 73.8 Å². The van der Waals surface area contributed by atoms with E-state index >= 15 is 24.0 Å². The Bertz CT molecular complexity index is 4320. The highest BCUT2D eigenvalue weighted by molar-refractivity contribution is 8.00. The molecule has 0 unspecified atom stereocenters. The van der Waals surface area contributed by atoms with Gasteiger partial charge >= 0.3 is 5.97 Å². The smallest absolute Gasteiger partial charge is 0.303 e. The molecular weight excluding hydrogens is 1490 g/mol. The Hall–Kier alpha value is -12.2. The number of hydrogen-bond donors (Lipinski definition) is 21. The van der Waals surface area contributed by atoms with Gasteiger partial charge in [-0.1, -0.05) is 62.4 Å². The van der Waals surface area contributed by atoms with Gasteiger partial charge in [-0.3, -0.25) is 81.5 Å². The summed E-state index contributed by atoms with van der Waals surface area (Å²) in [6.07, 6.45) is -4.29. The fourth-order valence-corrected chi connectivity index (χ4v) is 13.5. The van der Waals surface area contributed by atoms with Gasteiger partial charge in [0.2, 0.25) is 94.5 Å². The average molecular weight is 1590 g/mol. The van der Waals surface area contributed by atoms with Gasteiger partial charge in [0.05, 0.1) is 19.1 Å². The van der Waals surface area contributed by atoms with Crippen LogP contribution in [0, 0.1) is 5.92 Å². The van der Waals surface area contributed by atoms with Gasteiger partial charge in [0.15, 0.2) is 0 Å². The van der Waals surface area contributed by atoms with Gasteiger partial charge in [0, 0.05) is 84.4 Å². The lowest BCUT2D eigenvalue weighted by atomic mass is 9.98. The number of phenols is 1. The van der Waals surface area contributed by atoms with Crippen molar-refractivity contribution < 1.29 is 96.8 Å². The number of thioether (sulfide) groups is 1. The van der Waals surface area contributed by atoms with Gasteiger partial charge in [0.25, 0.3) is 0 Å². The van der Waals surface area contributed by atoms with Crippen molar-refractivity contribution in [3.63, 3.8) is 0 Å². The molecule has 0 aliphatic carbocycles. The number of aromatic nitrogens is 2. The summed E-state index contributed by atoms with van der Waals surface area (Å²) in [6, 6.07) is 0.0805. The van der Waals surface area contributed by atoms with E-state index in [4.69, 9.17) is 22.9 Å². The number of carboxylic acid groups (broad SMARTS) is 1. The quantitative estimate of drug-likeness (QED) is 0.0186. The normalized spacial score (nSPS) is 19.4. The van der Waals surface area contributed by atoms with Crippen molar-refractivity contribution in [2.45, 2.75) is 202 Å². The van der Waals surface area contributed by atoms with Gasteiger partial charge in [0.1, 0.15) is 72.2 Å². The van der Waals surface area contributed by atoms with E-state index in [0.29, 0.717) is 32.9 Å². The summed E-state index contributed by atoms with van der Waals surface area (Å²) in [5.74, 6) is -18.8. The number of hydrogen-bond acceptors (Lipinski definition) is 20. The maximum absolute atomic E-state index is 15.8. The number of nitrogens with two attached hydrogens (primary N) is 4. The van der Waals surface area contributed by atoms with Crippen LogP contribution >= 0.6 is 11.8 Å². The Labute approximate surface area is 653 Å². The fraction of sp³-hybridized carbons (Fsp3) is 0.473. The molecule has 39 heteroatoms. The number of aliphatic hydroxyl groups is 1. The topological polar surface area (TPSA) is 631 Å². The highest BCUT2D eigenvalue weighted by Gasteiger charge is 2.43. The standard InChI is InChI=1S/C74H100N18O20S/c1-36(2)15-20-47(64(103)84-50(23-26-60(100)101)65(104)88-55(32-58(77)98)63(102)81-35-59(78)99)85-70(109)53(30-40-33-79-45-13-9-7-11-43(40)45)87-69(108)52(29-39-16-18-42(95)19-17-39)90-73(112)62-74(5,6)113-28-27-51(82-38(4)94)66(105)83-48(21-24-56(75)96)67(106)91-61(37(3)93)72(111)89-54(31-41-34-80-46-14-10-8-12-44(41)46)71(110)86-49(68(107)92-62)22-25-57(76)97/h7-14,16-19,33-34,36-37,47-55,61-62,79-80,93,95H,15,20-32,35H2,1-6H3,(H2,75,96)(H2,76,97)(H2,77,98)(H2,78,99)(H,81,102)(H,82,94)(H,83,105)(H,84,103)(H,85,109)(H,86,110)(H,87,108)(H,88,104)(H,89,111)(H,90,112)(H,91,106)(H,92,107)(H,100,101)/t37-,47+,48+,49+,50+,51+,52+,53+,54+,55+,61+,62-/m1/s1. The maximum Gasteiger partial charge on any atom is 0.303 e. The van der Waals surface area contributed by atoms with Gasteiger partial charge in [-0.05, 0) is 112 Å². The lowest BCUT2D eigenvalue weighted by Gasteiger charge is -2.36. The number of H-pyrrole nitrogens is 2. The van der Waals surface area contributed by atoms with Crippen LogP contribution in [0.3, 0.4) is 0 Å². The molecule has 0 spiro atoms. The molecule has 0 bridgehead atoms. The third-order valence-corrected chi connectivity index (χ3v) is 19.8. The van der Waals surface area contributed by atoms with E-state index < -0.39 is 236 Å². The molecule has 1 saturated heterocycles. The number of aliphatic hydroxyl groups excluding tert-OH is 1. The number of carbonyl (C=O) groups excluding carboxylic acids is 16. The van der Waals surface area contributed by atoms with E-state index in [0.717, 1.165) is 25.6 Å². The number of carboxylic acids is 1. The van der Waals surface area contributed by atoms with Crippen molar-refractivity contribution >= 4 is 134 Å². The molecule has 0 saturated carbocycles. The zero-order valence-corrected chi connectivity index (χ0v) is 64.0. The second-order valence-electron chi connectivity index (χ2n) is 28.4. The molecule has 3 heterocycles. The van der Waals surface area contributed by atoms with Crippen LogP contribution in [0.1, 0.15) is 122 Å². The maximum atomic E-state index is 15.8. The summed E-state index contributed by atoms with van der Waals surface area (Å²) in [7, 11) is 0. The molecule has 2 aromatic heterocycles. The molecule has 38 nitrogen and oxygen atoms in total. The number of rotatable bonds is 35. The molecule has 612 valence electrons. The molecule has 1 aliphatic heterocycles. The van der Waals surface area contributed by atoms with Crippen LogP contribution in [0.25, 0.3) is 21.8 Å². The van der Waals surface area contributed by atoms with Gasteiger partial charge in [-0.15, -0.1) is 0 Å². The zero-order chi connectivity index (χ0) is 83.6. The number of carbonyl (C=O) groups is 17. The Kier molecular flexibility index (Phi) is 33.6. The van der Waals surface area contributed by atoms with Crippen LogP contribution in [0.2, 0.25) is 0 Å². The van der Waals surface area contributed by atoms with Gasteiger partial charge < -0.3 is 112 Å². The number of aromatic hydroxyl groups is 1. The molecule has 6 rings (SSSR count). The molecule has 113 heavy (non-hydrogen) atoms. The minimum absolute atomic E-state index is 0.153. The zero-order valence-electron chi connectivity index (χ0n) is 63.2. The molecule has 0 radical (unpaired) electrons. The van der Waals surface area contributed by atoms with Crippen LogP contribution in [0.4, 0.5) is 0 Å². The predicted octanol–water partition coefficient (Wildman–Crippen LogP) is -3.66. The third kappa shape index (κ3) is 28.3. The molecule has 1 aliphatic rings. The number of aliphatic carboxylic acids is 1. The Morgan fingerprint density at radius 1 is 0.540 bits per heavy atom. The Balaban J connectivity index is 1.46. The largest absolute Gasteiger partial charge is 0.508 e. The molecule has 1 fully saturated rings. The first kappa shape index (κ1) is 89.7. The molecule has 16 amide bonds. The number of para-hydroxylation sites is 2. The van der Waals surface area contributed by atoms with Crippen molar-refractivity contribution in [2.75, 3.05) is 12.3 Å². The SMILES string of the molecule is CC(=O)N[C@H]1CCSC(C)(C)[C@@H](C(=O)N[C@@H](Cc2ccc(O)cc2)C(=O)N[C@@H](Cc2c[nH]c3ccccc23)C(=O)N[C@@H](CCC(C)C)C(=O)N[C@@H](CCC(=O)O)C(=O)N[C@@H](CC(N)=O)C(=O)NCC(N)=O)NC(=O)[C@H](CCC(N)=O)NC(=O)[C@H](Cc2c[nH]c3ccccc23)NC(=O)[C@H]([C@@H](C)O)NC(=O)[C@H](CCC(N)=O)NC1=O. The van der Waals surface area contributed by atoms with E-state index in [1.807, 2.05) is 0 Å². The van der Waals surface area contributed by atoms with Crippen molar-refractivity contribution in [3.8, 4) is 5.75 Å². The van der Waals surface area contributed by atoms with Crippen LogP contribution in [0.15, 0.2) is 85.2 Å². The molecule has 25 N–H and O–H groups in total. The van der Waals surface area contributed by atoms with Crippen LogP contribution in [-0.4, -0.2) is 215 Å². The molecule has 5 aromatic rings. The highest BCUT2D eigenvalue weighted by Crippen LogP contribution is 2.31. The lowest BCUT2D eigenvalue weighted by molar-refractivity contribution is -0.139. The number of phenolic OH excluding ortho intramolecular Hbond substituents is 1. The predicted molar refractivity (Wildman–Crippen MR) is 409 cm³/mol. The second-order valence-corrected chi connectivity index (χ2v) is 30.2. The van der Waals surface area contributed by atoms with Crippen LogP contribution in [-0.2, 0) is 101 Å². The first-order valence-corrected chi connectivity index (χ1v) is 37.4.